The fourth-order valence-corrected chi connectivity index (χ4v) is 0.879. The van der Waals surface area contributed by atoms with Crippen LogP contribution in [0.2, 0.25) is 0 Å². The van der Waals surface area contributed by atoms with E-state index in [9.17, 15) is 43.9 Å². The predicted octanol–water partition coefficient (Wildman–Crippen LogP) is 3.18. The van der Waals surface area contributed by atoms with E-state index in [2.05, 4.69) is 0 Å². The third kappa shape index (κ3) is 2.50. The quantitative estimate of drug-likeness (QED) is 0.773. The minimum atomic E-state index is -7.11. The van der Waals surface area contributed by atoms with Crippen LogP contribution in [0.5, 0.6) is 0 Å². The lowest BCUT2D eigenvalue weighted by Crippen LogP contribution is -2.63. The second-order valence-corrected chi connectivity index (χ2v) is 3.25. The molecule has 1 nitrogen and oxygen atoms in total. The second-order valence-electron chi connectivity index (χ2n) is 3.25. The van der Waals surface area contributed by atoms with Gasteiger partial charge in [0.15, 0.2) is 6.17 Å². The number of aliphatic hydroxyl groups excluding tert-OH is 1. The fraction of sp³-hybridized carbons (Fsp3) is 1.00. The van der Waals surface area contributed by atoms with E-state index in [0.29, 0.717) is 0 Å². The van der Waals surface area contributed by atoms with Gasteiger partial charge in [-0.15, -0.1) is 0 Å². The Hall–Kier alpha value is -0.740. The van der Waals surface area contributed by atoms with E-state index in [1.165, 1.54) is 0 Å². The molecule has 0 heterocycles. The molecule has 0 aromatic heterocycles. The van der Waals surface area contributed by atoms with E-state index < -0.39 is 43.1 Å². The van der Waals surface area contributed by atoms with Crippen molar-refractivity contribution in [3.05, 3.63) is 0 Å². The highest BCUT2D eigenvalue weighted by molar-refractivity contribution is 5.03. The van der Waals surface area contributed by atoms with Gasteiger partial charge in [0.1, 0.15) is 0 Å². The van der Waals surface area contributed by atoms with Crippen LogP contribution in [0.15, 0.2) is 0 Å². The normalized spacial score (nSPS) is 16.8. The summed E-state index contributed by atoms with van der Waals surface area (Å²) in [7, 11) is 0. The van der Waals surface area contributed by atoms with Crippen LogP contribution in [0.1, 0.15) is 6.42 Å². The molecule has 0 aliphatic heterocycles. The number of alkyl halides is 10. The Labute approximate surface area is 93.4 Å². The van der Waals surface area contributed by atoms with E-state index in [1.807, 2.05) is 0 Å². The first kappa shape index (κ1) is 17.3. The third-order valence-electron chi connectivity index (χ3n) is 1.94. The van der Waals surface area contributed by atoms with Crippen molar-refractivity contribution in [1.29, 1.82) is 0 Å². The summed E-state index contributed by atoms with van der Waals surface area (Å²) in [5, 5.41) is 8.00. The van der Waals surface area contributed by atoms with Crippen LogP contribution < -0.4 is 0 Å². The Balaban J connectivity index is 5.49. The maximum Gasteiger partial charge on any atom is 0.460 e. The Morgan fingerprint density at radius 1 is 0.778 bits per heavy atom. The molecule has 11 heteroatoms. The van der Waals surface area contributed by atoms with Gasteiger partial charge in [0.25, 0.3) is 0 Å². The van der Waals surface area contributed by atoms with Gasteiger partial charge in [-0.2, -0.15) is 39.5 Å². The van der Waals surface area contributed by atoms with Gasteiger partial charge in [0.05, 0.1) is 0 Å². The number of halogens is 10. The summed E-state index contributed by atoms with van der Waals surface area (Å²) in [6.45, 7) is -1.43. The molecule has 0 aromatic rings. The molecule has 18 heavy (non-hydrogen) atoms. The third-order valence-corrected chi connectivity index (χ3v) is 1.94. The molecule has 110 valence electrons. The first-order chi connectivity index (χ1) is 7.73. The van der Waals surface area contributed by atoms with E-state index in [4.69, 9.17) is 5.11 Å². The highest BCUT2D eigenvalue weighted by atomic mass is 19.4. The molecule has 1 N–H and O–H groups in total. The predicted molar refractivity (Wildman–Crippen MR) is 37.5 cm³/mol. The topological polar surface area (TPSA) is 20.2 Å². The van der Waals surface area contributed by atoms with Gasteiger partial charge in [-0.1, -0.05) is 0 Å². The van der Waals surface area contributed by atoms with Gasteiger partial charge < -0.3 is 5.11 Å². The number of rotatable bonds is 5. The van der Waals surface area contributed by atoms with Crippen molar-refractivity contribution in [2.24, 2.45) is 0 Å². The van der Waals surface area contributed by atoms with Crippen molar-refractivity contribution in [3.63, 3.8) is 0 Å². The summed E-state index contributed by atoms with van der Waals surface area (Å²) in [6, 6.07) is 0. The lowest BCUT2D eigenvalue weighted by Gasteiger charge is -2.34. The molecule has 0 amide bonds. The zero-order chi connectivity index (χ0) is 15.0. The fourth-order valence-electron chi connectivity index (χ4n) is 0.879. The van der Waals surface area contributed by atoms with Gasteiger partial charge in [-0.3, -0.25) is 0 Å². The Bertz CT molecular complexity index is 282. The zero-order valence-corrected chi connectivity index (χ0v) is 8.22. The lowest BCUT2D eigenvalue weighted by molar-refractivity contribution is -0.403. The summed E-state index contributed by atoms with van der Waals surface area (Å²) in [5.41, 5.74) is 0. The van der Waals surface area contributed by atoms with Crippen molar-refractivity contribution in [3.8, 4) is 0 Å². The summed E-state index contributed by atoms with van der Waals surface area (Å²) >= 11 is 0. The van der Waals surface area contributed by atoms with E-state index in [0.717, 1.165) is 0 Å². The van der Waals surface area contributed by atoms with Crippen molar-refractivity contribution < 1.29 is 49.0 Å². The monoisotopic (exact) mass is 296 g/mol. The Kier molecular flexibility index (Phi) is 4.55. The molecule has 0 bridgehead atoms. The van der Waals surface area contributed by atoms with Crippen LogP contribution in [0, 0.1) is 0 Å². The number of aliphatic hydroxyl groups is 1. The van der Waals surface area contributed by atoms with Crippen LogP contribution in [-0.4, -0.2) is 41.8 Å². The maximum atomic E-state index is 12.6. The van der Waals surface area contributed by atoms with E-state index in [-0.39, 0.29) is 0 Å². The van der Waals surface area contributed by atoms with Gasteiger partial charge >= 0.3 is 23.9 Å². The molecule has 0 saturated carbocycles. The SMILES string of the molecule is OCCC(F)C(F)(F)C(F)(F)C(F)(F)C(F)(F)F. The zero-order valence-electron chi connectivity index (χ0n) is 8.22. The maximum absolute atomic E-state index is 12.6. The van der Waals surface area contributed by atoms with Crippen LogP contribution >= 0.6 is 0 Å². The molecule has 0 spiro atoms. The van der Waals surface area contributed by atoms with Crippen LogP contribution in [0.25, 0.3) is 0 Å². The molecular formula is C7H6F10O. The summed E-state index contributed by atoms with van der Waals surface area (Å²) < 4.78 is 122. The highest BCUT2D eigenvalue weighted by Gasteiger charge is 2.83. The van der Waals surface area contributed by atoms with Crippen LogP contribution in [0.3, 0.4) is 0 Å². The summed E-state index contributed by atoms with van der Waals surface area (Å²) in [5.74, 6) is -20.4. The van der Waals surface area contributed by atoms with Crippen molar-refractivity contribution >= 4 is 0 Å². The standard InChI is InChI=1S/C7H6F10O/c8-3(1-2-18)4(9,10)5(11,12)6(13,14)7(15,16)17/h3,18H,1-2H2. The molecule has 0 aliphatic rings. The van der Waals surface area contributed by atoms with Crippen molar-refractivity contribution in [1.82, 2.24) is 0 Å². The van der Waals surface area contributed by atoms with Crippen LogP contribution in [0.4, 0.5) is 43.9 Å². The van der Waals surface area contributed by atoms with Gasteiger partial charge in [-0.05, 0) is 0 Å². The molecule has 0 aliphatic carbocycles. The molecule has 0 fully saturated rings. The average Bonchev–Trinajstić information content (AvgIpc) is 2.15. The molecular weight excluding hydrogens is 290 g/mol. The van der Waals surface area contributed by atoms with Crippen molar-refractivity contribution in [2.45, 2.75) is 36.5 Å². The average molecular weight is 296 g/mol. The lowest BCUT2D eigenvalue weighted by atomic mass is 9.98. The first-order valence-electron chi connectivity index (χ1n) is 4.18. The largest absolute Gasteiger partial charge is 0.460 e. The first-order valence-corrected chi connectivity index (χ1v) is 4.18. The minimum Gasteiger partial charge on any atom is -0.396 e. The smallest absolute Gasteiger partial charge is 0.396 e. The molecule has 0 aromatic carbocycles. The minimum absolute atomic E-state index is 1.43. The van der Waals surface area contributed by atoms with Gasteiger partial charge in [0.2, 0.25) is 0 Å². The summed E-state index contributed by atoms with van der Waals surface area (Å²) in [4.78, 5) is 0. The Morgan fingerprint density at radius 3 is 1.44 bits per heavy atom. The Morgan fingerprint density at radius 2 is 1.17 bits per heavy atom. The molecule has 0 radical (unpaired) electrons. The highest BCUT2D eigenvalue weighted by Crippen LogP contribution is 2.54. The second kappa shape index (κ2) is 4.74. The molecule has 0 saturated heterocycles. The number of hydrogen-bond acceptors (Lipinski definition) is 1. The molecule has 0 rings (SSSR count). The van der Waals surface area contributed by atoms with Gasteiger partial charge in [0, 0.05) is 13.0 Å². The molecule has 1 atom stereocenters. The van der Waals surface area contributed by atoms with Crippen LogP contribution in [-0.2, 0) is 0 Å². The van der Waals surface area contributed by atoms with Crippen molar-refractivity contribution in [2.75, 3.05) is 6.61 Å². The summed E-state index contributed by atoms with van der Waals surface area (Å²) in [6.07, 6.45) is -12.7. The number of hydrogen-bond donors (Lipinski definition) is 1. The van der Waals surface area contributed by atoms with E-state index in [1.54, 1.807) is 0 Å². The molecule has 1 unspecified atom stereocenters. The van der Waals surface area contributed by atoms with E-state index >= 15 is 0 Å². The van der Waals surface area contributed by atoms with Gasteiger partial charge in [-0.25, -0.2) is 4.39 Å².